The Bertz CT molecular complexity index is 1230. The molecule has 4 nitrogen and oxygen atoms in total. The highest BCUT2D eigenvalue weighted by molar-refractivity contribution is 6.35. The number of benzene rings is 3. The summed E-state index contributed by atoms with van der Waals surface area (Å²) in [4.78, 5) is 0. The number of aromatic nitrogens is 2. The molecule has 176 valence electrons. The maximum absolute atomic E-state index is 6.52. The summed E-state index contributed by atoms with van der Waals surface area (Å²) in [5.41, 5.74) is 1.70. The molecule has 0 aliphatic heterocycles. The van der Waals surface area contributed by atoms with Crippen LogP contribution in [0.15, 0.2) is 85.5 Å². The van der Waals surface area contributed by atoms with Gasteiger partial charge in [0.05, 0.1) is 6.61 Å². The maximum Gasteiger partial charge on any atom is 0.243 e. The van der Waals surface area contributed by atoms with Crippen molar-refractivity contribution in [1.82, 2.24) is 4.57 Å². The van der Waals surface area contributed by atoms with Crippen molar-refractivity contribution in [3.63, 3.8) is 0 Å². The number of imidazole rings is 1. The monoisotopic (exact) mass is 535 g/mol. The fraction of sp³-hybridized carbons (Fsp3) is 0.192. The van der Waals surface area contributed by atoms with Gasteiger partial charge in [-0.25, -0.2) is 9.13 Å². The standard InChI is InChI=1S/C26H23Cl4N2O2/c27-20-7-6-19(24(29)14-20)17-34-26(23-9-8-21(28)15-25(23)30)16-32-11-10-31(18-32)12-13-33-22-4-2-1-3-5-22/h1-11,14-15,18,26H,12-13,16-17H2/q+1. The van der Waals surface area contributed by atoms with Gasteiger partial charge in [0.15, 0.2) is 0 Å². The molecule has 0 aliphatic carbocycles. The summed E-state index contributed by atoms with van der Waals surface area (Å²) in [6.45, 7) is 2.15. The first kappa shape index (κ1) is 24.9. The van der Waals surface area contributed by atoms with Crippen LogP contribution in [0.3, 0.4) is 0 Å². The molecule has 34 heavy (non-hydrogen) atoms. The number of halogens is 4. The van der Waals surface area contributed by atoms with Gasteiger partial charge in [-0.1, -0.05) is 76.7 Å². The van der Waals surface area contributed by atoms with Gasteiger partial charge in [-0.3, -0.25) is 0 Å². The van der Waals surface area contributed by atoms with Crippen LogP contribution in [0.5, 0.6) is 5.75 Å². The lowest BCUT2D eigenvalue weighted by molar-refractivity contribution is -0.704. The molecule has 1 atom stereocenters. The molecule has 0 bridgehead atoms. The normalized spacial score (nSPS) is 12.0. The van der Waals surface area contributed by atoms with Crippen LogP contribution in [-0.2, 0) is 24.4 Å². The number of nitrogens with zero attached hydrogens (tertiary/aromatic N) is 2. The largest absolute Gasteiger partial charge is 0.489 e. The first-order valence-corrected chi connectivity index (χ1v) is 12.2. The summed E-state index contributed by atoms with van der Waals surface area (Å²) < 4.78 is 16.2. The Balaban J connectivity index is 1.44. The third kappa shape index (κ3) is 6.91. The van der Waals surface area contributed by atoms with E-state index in [1.807, 2.05) is 67.3 Å². The van der Waals surface area contributed by atoms with Gasteiger partial charge in [-0.15, -0.1) is 0 Å². The molecule has 0 N–H and O–H groups in total. The fourth-order valence-corrected chi connectivity index (χ4v) is 4.48. The Labute approximate surface area is 219 Å². The Morgan fingerprint density at radius 2 is 1.59 bits per heavy atom. The summed E-state index contributed by atoms with van der Waals surface area (Å²) in [7, 11) is 0. The minimum atomic E-state index is -0.321. The van der Waals surface area contributed by atoms with Crippen molar-refractivity contribution in [1.29, 1.82) is 0 Å². The van der Waals surface area contributed by atoms with Crippen LogP contribution < -0.4 is 9.30 Å². The van der Waals surface area contributed by atoms with Crippen LogP contribution in [0.1, 0.15) is 17.2 Å². The minimum Gasteiger partial charge on any atom is -0.489 e. The van der Waals surface area contributed by atoms with E-state index in [1.54, 1.807) is 18.2 Å². The molecule has 0 spiro atoms. The average molecular weight is 537 g/mol. The van der Waals surface area contributed by atoms with Gasteiger partial charge < -0.3 is 9.47 Å². The Hall–Kier alpha value is -2.21. The lowest BCUT2D eigenvalue weighted by Crippen LogP contribution is -2.35. The van der Waals surface area contributed by atoms with E-state index in [0.29, 0.717) is 39.8 Å². The van der Waals surface area contributed by atoms with Crippen LogP contribution in [0, 0.1) is 0 Å². The number of hydrogen-bond acceptors (Lipinski definition) is 2. The molecule has 0 amide bonds. The molecule has 8 heteroatoms. The highest BCUT2D eigenvalue weighted by atomic mass is 35.5. The molecular weight excluding hydrogens is 514 g/mol. The highest BCUT2D eigenvalue weighted by Gasteiger charge is 2.20. The molecule has 4 aromatic rings. The molecule has 0 saturated carbocycles. The van der Waals surface area contributed by atoms with Gasteiger partial charge in [-0.05, 0) is 42.0 Å². The first-order chi connectivity index (χ1) is 16.5. The second kappa shape index (κ2) is 12.0. The number of hydrogen-bond donors (Lipinski definition) is 0. The summed E-state index contributed by atoms with van der Waals surface area (Å²) in [5, 5.41) is 2.27. The Morgan fingerprint density at radius 1 is 0.853 bits per heavy atom. The van der Waals surface area contributed by atoms with E-state index >= 15 is 0 Å². The maximum atomic E-state index is 6.52. The van der Waals surface area contributed by atoms with Crippen molar-refractivity contribution in [2.24, 2.45) is 0 Å². The molecular formula is C26H23Cl4N2O2+. The lowest BCUT2D eigenvalue weighted by Gasteiger charge is -2.19. The first-order valence-electron chi connectivity index (χ1n) is 10.7. The molecule has 1 aromatic heterocycles. The predicted molar refractivity (Wildman–Crippen MR) is 137 cm³/mol. The van der Waals surface area contributed by atoms with E-state index in [-0.39, 0.29) is 6.10 Å². The fourth-order valence-electron chi connectivity index (χ4n) is 3.49. The molecule has 0 radical (unpaired) electrons. The average Bonchev–Trinajstić information content (AvgIpc) is 3.26. The number of ether oxygens (including phenoxy) is 2. The second-order valence-corrected chi connectivity index (χ2v) is 9.40. The highest BCUT2D eigenvalue weighted by Crippen LogP contribution is 2.30. The quantitative estimate of drug-likeness (QED) is 0.197. The number of rotatable bonds is 10. The molecule has 0 fully saturated rings. The van der Waals surface area contributed by atoms with E-state index in [0.717, 1.165) is 23.4 Å². The van der Waals surface area contributed by atoms with Gasteiger partial charge in [-0.2, -0.15) is 0 Å². The summed E-state index contributed by atoms with van der Waals surface area (Å²) in [6, 6.07) is 20.6. The molecule has 3 aromatic carbocycles. The van der Waals surface area contributed by atoms with Crippen LogP contribution in [0.4, 0.5) is 0 Å². The lowest BCUT2D eigenvalue weighted by atomic mass is 10.1. The Kier molecular flexibility index (Phi) is 8.76. The van der Waals surface area contributed by atoms with Crippen LogP contribution in [0.25, 0.3) is 0 Å². The molecule has 1 heterocycles. The summed E-state index contributed by atoms with van der Waals surface area (Å²) in [6.07, 6.45) is 5.70. The van der Waals surface area contributed by atoms with Crippen molar-refractivity contribution in [3.05, 3.63) is 117 Å². The summed E-state index contributed by atoms with van der Waals surface area (Å²) in [5.74, 6) is 0.856. The Morgan fingerprint density at radius 3 is 2.32 bits per heavy atom. The number of para-hydroxylation sites is 1. The van der Waals surface area contributed by atoms with E-state index in [2.05, 4.69) is 9.13 Å². The topological polar surface area (TPSA) is 27.3 Å². The van der Waals surface area contributed by atoms with Crippen LogP contribution >= 0.6 is 46.4 Å². The SMILES string of the molecule is Clc1ccc(COC(C[n+]2ccn(CCOc3ccccc3)c2)c2ccc(Cl)cc2Cl)c(Cl)c1. The minimum absolute atomic E-state index is 0.311. The van der Waals surface area contributed by atoms with Gasteiger partial charge in [0.2, 0.25) is 6.33 Å². The molecule has 0 saturated heterocycles. The molecule has 4 rings (SSSR count). The van der Waals surface area contributed by atoms with E-state index in [1.165, 1.54) is 0 Å². The van der Waals surface area contributed by atoms with Crippen LogP contribution in [-0.4, -0.2) is 11.2 Å². The zero-order valence-electron chi connectivity index (χ0n) is 18.2. The third-order valence-corrected chi connectivity index (χ3v) is 6.40. The molecule has 1 unspecified atom stereocenters. The van der Waals surface area contributed by atoms with E-state index in [4.69, 9.17) is 55.9 Å². The van der Waals surface area contributed by atoms with Gasteiger partial charge >= 0.3 is 0 Å². The zero-order valence-corrected chi connectivity index (χ0v) is 21.2. The molecule has 0 aliphatic rings. The van der Waals surface area contributed by atoms with Crippen molar-refractivity contribution < 1.29 is 14.0 Å². The van der Waals surface area contributed by atoms with Crippen molar-refractivity contribution in [3.8, 4) is 5.75 Å². The van der Waals surface area contributed by atoms with Crippen molar-refractivity contribution >= 4 is 46.4 Å². The third-order valence-electron chi connectivity index (χ3n) is 5.25. The van der Waals surface area contributed by atoms with E-state index in [9.17, 15) is 0 Å². The van der Waals surface area contributed by atoms with Gasteiger partial charge in [0.1, 0.15) is 43.9 Å². The summed E-state index contributed by atoms with van der Waals surface area (Å²) >= 11 is 25.0. The van der Waals surface area contributed by atoms with Gasteiger partial charge in [0, 0.05) is 25.7 Å². The van der Waals surface area contributed by atoms with Gasteiger partial charge in [0.25, 0.3) is 0 Å². The van der Waals surface area contributed by atoms with E-state index < -0.39 is 0 Å². The predicted octanol–water partition coefficient (Wildman–Crippen LogP) is 7.43. The second-order valence-electron chi connectivity index (χ2n) is 7.71. The van der Waals surface area contributed by atoms with Crippen molar-refractivity contribution in [2.45, 2.75) is 25.8 Å². The van der Waals surface area contributed by atoms with Crippen molar-refractivity contribution in [2.75, 3.05) is 6.61 Å². The smallest absolute Gasteiger partial charge is 0.243 e. The zero-order chi connectivity index (χ0) is 23.9. The van der Waals surface area contributed by atoms with Crippen LogP contribution in [0.2, 0.25) is 20.1 Å².